The van der Waals surface area contributed by atoms with Crippen LogP contribution < -0.4 is 5.32 Å². The van der Waals surface area contributed by atoms with E-state index in [1.165, 1.54) is 36.0 Å². The van der Waals surface area contributed by atoms with Crippen molar-refractivity contribution in [3.63, 3.8) is 0 Å². The molecule has 0 bridgehead atoms. The Kier molecular flexibility index (Phi) is 4.94. The summed E-state index contributed by atoms with van der Waals surface area (Å²) in [5, 5.41) is 7.35. The van der Waals surface area contributed by atoms with Gasteiger partial charge in [-0.3, -0.25) is 4.90 Å². The van der Waals surface area contributed by atoms with Gasteiger partial charge in [-0.05, 0) is 41.2 Å². The van der Waals surface area contributed by atoms with Crippen LogP contribution in [0.5, 0.6) is 0 Å². The standard InChI is InChI=1S/C18H26N2S/c1-14(2)7-8-17(20-11-9-19-10-12-20)16-13-21-18-6-4-3-5-15(16)18/h3-6,13-14,17,19H,7-12H2,1-2H3/t17-/m0/s1. The molecule has 2 heterocycles. The molecule has 2 aromatic rings. The number of benzene rings is 1. The van der Waals surface area contributed by atoms with Crippen molar-refractivity contribution in [2.24, 2.45) is 5.92 Å². The van der Waals surface area contributed by atoms with Gasteiger partial charge in [0.2, 0.25) is 0 Å². The Morgan fingerprint density at radius 1 is 1.14 bits per heavy atom. The van der Waals surface area contributed by atoms with E-state index in [0.29, 0.717) is 6.04 Å². The molecule has 21 heavy (non-hydrogen) atoms. The van der Waals surface area contributed by atoms with Gasteiger partial charge in [-0.15, -0.1) is 11.3 Å². The van der Waals surface area contributed by atoms with Crippen LogP contribution in [-0.2, 0) is 0 Å². The summed E-state index contributed by atoms with van der Waals surface area (Å²) in [6.45, 7) is 9.27. The maximum atomic E-state index is 3.48. The predicted octanol–water partition coefficient (Wildman–Crippen LogP) is 4.28. The molecule has 0 spiro atoms. The monoisotopic (exact) mass is 302 g/mol. The van der Waals surface area contributed by atoms with Gasteiger partial charge in [-0.25, -0.2) is 0 Å². The van der Waals surface area contributed by atoms with E-state index in [1.807, 2.05) is 11.3 Å². The fourth-order valence-electron chi connectivity index (χ4n) is 3.28. The van der Waals surface area contributed by atoms with Crippen molar-refractivity contribution >= 4 is 21.4 Å². The van der Waals surface area contributed by atoms with E-state index in [0.717, 1.165) is 19.0 Å². The Morgan fingerprint density at radius 2 is 1.90 bits per heavy atom. The van der Waals surface area contributed by atoms with Crippen molar-refractivity contribution in [2.75, 3.05) is 26.2 Å². The van der Waals surface area contributed by atoms with E-state index >= 15 is 0 Å². The van der Waals surface area contributed by atoms with Gasteiger partial charge in [-0.2, -0.15) is 0 Å². The number of fused-ring (bicyclic) bond motifs is 1. The lowest BCUT2D eigenvalue weighted by molar-refractivity contribution is 0.161. The Labute approximate surface area is 132 Å². The van der Waals surface area contributed by atoms with E-state index in [-0.39, 0.29) is 0 Å². The summed E-state index contributed by atoms with van der Waals surface area (Å²) in [5.41, 5.74) is 1.55. The summed E-state index contributed by atoms with van der Waals surface area (Å²) in [6, 6.07) is 9.46. The molecule has 1 aliphatic rings. The minimum absolute atomic E-state index is 0.589. The van der Waals surface area contributed by atoms with Crippen molar-refractivity contribution in [1.82, 2.24) is 10.2 Å². The topological polar surface area (TPSA) is 15.3 Å². The first-order valence-electron chi connectivity index (χ1n) is 8.16. The van der Waals surface area contributed by atoms with Gasteiger partial charge in [0, 0.05) is 36.9 Å². The highest BCUT2D eigenvalue weighted by atomic mass is 32.1. The lowest BCUT2D eigenvalue weighted by Gasteiger charge is -2.35. The largest absolute Gasteiger partial charge is 0.314 e. The number of hydrogen-bond acceptors (Lipinski definition) is 3. The van der Waals surface area contributed by atoms with Crippen LogP contribution in [0.15, 0.2) is 29.6 Å². The van der Waals surface area contributed by atoms with Crippen molar-refractivity contribution in [3.05, 3.63) is 35.2 Å². The first kappa shape index (κ1) is 15.0. The fourth-order valence-corrected chi connectivity index (χ4v) is 4.28. The zero-order chi connectivity index (χ0) is 14.7. The van der Waals surface area contributed by atoms with Gasteiger partial charge in [0.1, 0.15) is 0 Å². The molecule has 1 atom stereocenters. The van der Waals surface area contributed by atoms with Crippen LogP contribution >= 0.6 is 11.3 Å². The highest BCUT2D eigenvalue weighted by molar-refractivity contribution is 7.17. The highest BCUT2D eigenvalue weighted by Crippen LogP contribution is 2.36. The van der Waals surface area contributed by atoms with Crippen LogP contribution in [0.25, 0.3) is 10.1 Å². The molecule has 3 rings (SSSR count). The van der Waals surface area contributed by atoms with E-state index in [1.54, 1.807) is 5.56 Å². The average Bonchev–Trinajstić information content (AvgIpc) is 2.93. The van der Waals surface area contributed by atoms with Crippen molar-refractivity contribution in [3.8, 4) is 0 Å². The first-order chi connectivity index (χ1) is 10.3. The summed E-state index contributed by atoms with van der Waals surface area (Å²) >= 11 is 1.90. The van der Waals surface area contributed by atoms with Crippen molar-refractivity contribution in [1.29, 1.82) is 0 Å². The van der Waals surface area contributed by atoms with Crippen LogP contribution in [0.4, 0.5) is 0 Å². The fraction of sp³-hybridized carbons (Fsp3) is 0.556. The zero-order valence-corrected chi connectivity index (χ0v) is 14.0. The quantitative estimate of drug-likeness (QED) is 0.886. The molecule has 2 nitrogen and oxygen atoms in total. The molecule has 1 aromatic carbocycles. The summed E-state index contributed by atoms with van der Waals surface area (Å²) in [4.78, 5) is 2.69. The third-order valence-corrected chi connectivity index (χ3v) is 5.46. The Morgan fingerprint density at radius 3 is 2.67 bits per heavy atom. The Balaban J connectivity index is 1.89. The molecule has 1 aliphatic heterocycles. The smallest absolute Gasteiger partial charge is 0.0363 e. The summed E-state index contributed by atoms with van der Waals surface area (Å²) in [5.74, 6) is 0.778. The number of thiophene rings is 1. The minimum atomic E-state index is 0.589. The average molecular weight is 302 g/mol. The molecule has 114 valence electrons. The van der Waals surface area contributed by atoms with E-state index in [2.05, 4.69) is 53.7 Å². The zero-order valence-electron chi connectivity index (χ0n) is 13.1. The molecular formula is C18H26N2S. The van der Waals surface area contributed by atoms with Crippen molar-refractivity contribution in [2.45, 2.75) is 32.7 Å². The van der Waals surface area contributed by atoms with Crippen LogP contribution in [0.3, 0.4) is 0 Å². The molecule has 1 saturated heterocycles. The summed E-state index contributed by atoms with van der Waals surface area (Å²) in [7, 11) is 0. The number of hydrogen-bond donors (Lipinski definition) is 1. The molecule has 0 radical (unpaired) electrons. The maximum Gasteiger partial charge on any atom is 0.0363 e. The highest BCUT2D eigenvalue weighted by Gasteiger charge is 2.24. The van der Waals surface area contributed by atoms with Crippen LogP contribution in [0.1, 0.15) is 38.3 Å². The first-order valence-corrected chi connectivity index (χ1v) is 9.04. The second-order valence-corrected chi connectivity index (χ2v) is 7.37. The number of nitrogens with one attached hydrogen (secondary N) is 1. The maximum absolute atomic E-state index is 3.48. The van der Waals surface area contributed by atoms with E-state index in [4.69, 9.17) is 0 Å². The molecule has 1 aromatic heterocycles. The second-order valence-electron chi connectivity index (χ2n) is 6.46. The second kappa shape index (κ2) is 6.91. The van der Waals surface area contributed by atoms with Gasteiger partial charge in [0.15, 0.2) is 0 Å². The van der Waals surface area contributed by atoms with Gasteiger partial charge in [-0.1, -0.05) is 32.0 Å². The van der Waals surface area contributed by atoms with Crippen LogP contribution in [-0.4, -0.2) is 31.1 Å². The SMILES string of the molecule is CC(C)CC[C@@H](c1csc2ccccc12)N1CCNCC1. The normalized spacial score (nSPS) is 18.4. The van der Waals surface area contributed by atoms with Gasteiger partial charge >= 0.3 is 0 Å². The van der Waals surface area contributed by atoms with E-state index in [9.17, 15) is 0 Å². The van der Waals surface area contributed by atoms with Gasteiger partial charge < -0.3 is 5.32 Å². The van der Waals surface area contributed by atoms with Crippen LogP contribution in [0, 0.1) is 5.92 Å². The lowest BCUT2D eigenvalue weighted by Crippen LogP contribution is -2.45. The molecule has 0 amide bonds. The molecule has 3 heteroatoms. The van der Waals surface area contributed by atoms with E-state index < -0.39 is 0 Å². The molecular weight excluding hydrogens is 276 g/mol. The predicted molar refractivity (Wildman–Crippen MR) is 93.1 cm³/mol. The number of nitrogens with zero attached hydrogens (tertiary/aromatic N) is 1. The third kappa shape index (κ3) is 3.47. The molecule has 0 saturated carbocycles. The number of piperazine rings is 1. The third-order valence-electron chi connectivity index (χ3n) is 4.48. The summed E-state index contributed by atoms with van der Waals surface area (Å²) < 4.78 is 1.43. The van der Waals surface area contributed by atoms with Gasteiger partial charge in [0.25, 0.3) is 0 Å². The molecule has 0 aliphatic carbocycles. The molecule has 1 N–H and O–H groups in total. The minimum Gasteiger partial charge on any atom is -0.314 e. The number of rotatable bonds is 5. The molecule has 1 fully saturated rings. The Hall–Kier alpha value is -0.900. The van der Waals surface area contributed by atoms with Gasteiger partial charge in [0.05, 0.1) is 0 Å². The summed E-state index contributed by atoms with van der Waals surface area (Å²) in [6.07, 6.45) is 2.58. The molecule has 0 unspecified atom stereocenters. The lowest BCUT2D eigenvalue weighted by atomic mass is 9.95. The Bertz CT molecular complexity index is 569. The van der Waals surface area contributed by atoms with Crippen LogP contribution in [0.2, 0.25) is 0 Å². The van der Waals surface area contributed by atoms with Crippen molar-refractivity contribution < 1.29 is 0 Å².